The van der Waals surface area contributed by atoms with Gasteiger partial charge in [0.05, 0.1) is 9.88 Å². The summed E-state index contributed by atoms with van der Waals surface area (Å²) < 4.78 is 0. The molecule has 0 atom stereocenters. The molecule has 1 rings (SSSR count). The lowest BCUT2D eigenvalue weighted by Gasteiger charge is -2.17. The number of hydrogen-bond acceptors (Lipinski definition) is 3. The van der Waals surface area contributed by atoms with E-state index in [0.29, 0.717) is 4.88 Å². The minimum Gasteiger partial charge on any atom is -0.390 e. The van der Waals surface area contributed by atoms with Crippen molar-refractivity contribution in [3.8, 4) is 0 Å². The standard InChI is InChI=1S/C9H13NOS/c1-9(2,3)7-4-6(5-11)12-8(7)10/h4-5H,10H2,1-3H3. The van der Waals surface area contributed by atoms with Gasteiger partial charge >= 0.3 is 0 Å². The van der Waals surface area contributed by atoms with E-state index in [1.807, 2.05) is 6.07 Å². The van der Waals surface area contributed by atoms with Gasteiger partial charge in [-0.15, -0.1) is 11.3 Å². The van der Waals surface area contributed by atoms with Crippen LogP contribution in [0.2, 0.25) is 0 Å². The average Bonchev–Trinajstić information content (AvgIpc) is 2.29. The van der Waals surface area contributed by atoms with E-state index in [9.17, 15) is 4.79 Å². The molecule has 2 nitrogen and oxygen atoms in total. The Morgan fingerprint density at radius 2 is 2.08 bits per heavy atom. The van der Waals surface area contributed by atoms with Crippen molar-refractivity contribution in [1.82, 2.24) is 0 Å². The quantitative estimate of drug-likeness (QED) is 0.679. The van der Waals surface area contributed by atoms with Crippen LogP contribution in [0.25, 0.3) is 0 Å². The van der Waals surface area contributed by atoms with Gasteiger partial charge < -0.3 is 5.73 Å². The van der Waals surface area contributed by atoms with Gasteiger partial charge in [0.15, 0.2) is 6.29 Å². The van der Waals surface area contributed by atoms with Crippen molar-refractivity contribution >= 4 is 22.6 Å². The van der Waals surface area contributed by atoms with Gasteiger partial charge in [-0.1, -0.05) is 20.8 Å². The summed E-state index contributed by atoms with van der Waals surface area (Å²) in [6.07, 6.45) is 0.844. The molecule has 0 unspecified atom stereocenters. The molecule has 0 saturated heterocycles. The molecule has 2 N–H and O–H groups in total. The van der Waals surface area contributed by atoms with Gasteiger partial charge in [-0.2, -0.15) is 0 Å². The van der Waals surface area contributed by atoms with Gasteiger partial charge in [0.25, 0.3) is 0 Å². The van der Waals surface area contributed by atoms with Crippen LogP contribution in [0, 0.1) is 0 Å². The Labute approximate surface area is 76.4 Å². The molecule has 0 fully saturated rings. The SMILES string of the molecule is CC(C)(C)c1cc(C=O)sc1N. The molecule has 1 heterocycles. The van der Waals surface area contributed by atoms with E-state index < -0.39 is 0 Å². The number of rotatable bonds is 1. The molecule has 0 aromatic carbocycles. The van der Waals surface area contributed by atoms with Crippen molar-refractivity contribution in [1.29, 1.82) is 0 Å². The highest BCUT2D eigenvalue weighted by atomic mass is 32.1. The van der Waals surface area contributed by atoms with E-state index in [1.165, 1.54) is 11.3 Å². The molecule has 0 amide bonds. The number of aldehydes is 1. The maximum absolute atomic E-state index is 10.5. The van der Waals surface area contributed by atoms with Crippen LogP contribution < -0.4 is 5.73 Å². The summed E-state index contributed by atoms with van der Waals surface area (Å²) in [7, 11) is 0. The summed E-state index contributed by atoms with van der Waals surface area (Å²) in [6, 6.07) is 1.87. The average molecular weight is 183 g/mol. The van der Waals surface area contributed by atoms with Crippen LogP contribution in [0.5, 0.6) is 0 Å². The Morgan fingerprint density at radius 1 is 1.50 bits per heavy atom. The van der Waals surface area contributed by atoms with Crippen molar-refractivity contribution < 1.29 is 4.79 Å². The highest BCUT2D eigenvalue weighted by Gasteiger charge is 2.19. The molecule has 0 aliphatic rings. The fourth-order valence-corrected chi connectivity index (χ4v) is 2.02. The molecular weight excluding hydrogens is 170 g/mol. The van der Waals surface area contributed by atoms with Gasteiger partial charge in [0, 0.05) is 0 Å². The number of thiophene rings is 1. The lowest BCUT2D eigenvalue weighted by atomic mass is 9.88. The monoisotopic (exact) mass is 183 g/mol. The second-order valence-electron chi connectivity index (χ2n) is 3.79. The van der Waals surface area contributed by atoms with Gasteiger partial charge in [-0.25, -0.2) is 0 Å². The Kier molecular flexibility index (Phi) is 2.24. The first-order chi connectivity index (χ1) is 5.45. The molecule has 0 radical (unpaired) electrons. The third-order valence-corrected chi connectivity index (χ3v) is 2.59. The Balaban J connectivity index is 3.16. The molecule has 0 aliphatic heterocycles. The number of anilines is 1. The van der Waals surface area contributed by atoms with Crippen molar-refractivity contribution in [2.24, 2.45) is 0 Å². The van der Waals surface area contributed by atoms with Crippen LogP contribution in [0.15, 0.2) is 6.07 Å². The predicted octanol–water partition coefficient (Wildman–Crippen LogP) is 2.44. The van der Waals surface area contributed by atoms with Crippen LogP contribution in [0.1, 0.15) is 36.0 Å². The van der Waals surface area contributed by atoms with E-state index in [-0.39, 0.29) is 5.41 Å². The molecule has 1 aromatic rings. The molecule has 0 aliphatic carbocycles. The van der Waals surface area contributed by atoms with E-state index in [1.54, 1.807) is 0 Å². The summed E-state index contributed by atoms with van der Waals surface area (Å²) in [6.45, 7) is 6.25. The second-order valence-corrected chi connectivity index (χ2v) is 4.91. The Morgan fingerprint density at radius 3 is 2.33 bits per heavy atom. The van der Waals surface area contributed by atoms with Crippen molar-refractivity contribution in [2.45, 2.75) is 26.2 Å². The van der Waals surface area contributed by atoms with Crippen molar-refractivity contribution in [3.63, 3.8) is 0 Å². The van der Waals surface area contributed by atoms with Crippen LogP contribution in [-0.4, -0.2) is 6.29 Å². The highest BCUT2D eigenvalue weighted by molar-refractivity contribution is 7.17. The summed E-state index contributed by atoms with van der Waals surface area (Å²) in [5, 5.41) is 0.754. The Bertz CT molecular complexity index is 296. The minimum absolute atomic E-state index is 0.0296. The molecule has 1 aromatic heterocycles. The predicted molar refractivity (Wildman–Crippen MR) is 52.8 cm³/mol. The lowest BCUT2D eigenvalue weighted by Crippen LogP contribution is -2.11. The zero-order chi connectivity index (χ0) is 9.35. The number of nitrogen functional groups attached to an aromatic ring is 1. The van der Waals surface area contributed by atoms with E-state index in [2.05, 4.69) is 20.8 Å². The minimum atomic E-state index is 0.0296. The molecule has 0 bridgehead atoms. The van der Waals surface area contributed by atoms with Crippen LogP contribution in [0.3, 0.4) is 0 Å². The van der Waals surface area contributed by atoms with Gasteiger partial charge in [0.1, 0.15) is 0 Å². The number of nitrogens with two attached hydrogens (primary N) is 1. The third-order valence-electron chi connectivity index (χ3n) is 1.70. The molecule has 12 heavy (non-hydrogen) atoms. The normalized spacial score (nSPS) is 11.6. The molecular formula is C9H13NOS. The molecule has 0 spiro atoms. The van der Waals surface area contributed by atoms with Crippen LogP contribution in [0.4, 0.5) is 5.00 Å². The van der Waals surface area contributed by atoms with Crippen molar-refractivity contribution in [2.75, 3.05) is 5.73 Å². The summed E-state index contributed by atoms with van der Waals surface area (Å²) >= 11 is 1.35. The van der Waals surface area contributed by atoms with Crippen LogP contribution in [-0.2, 0) is 5.41 Å². The van der Waals surface area contributed by atoms with Crippen LogP contribution >= 0.6 is 11.3 Å². The highest BCUT2D eigenvalue weighted by Crippen LogP contribution is 2.33. The molecule has 3 heteroatoms. The summed E-state index contributed by atoms with van der Waals surface area (Å²) in [4.78, 5) is 11.2. The summed E-state index contributed by atoms with van der Waals surface area (Å²) in [5.74, 6) is 0. The lowest BCUT2D eigenvalue weighted by molar-refractivity contribution is 0.112. The van der Waals surface area contributed by atoms with Gasteiger partial charge in [-0.05, 0) is 17.0 Å². The van der Waals surface area contributed by atoms with E-state index in [4.69, 9.17) is 5.73 Å². The molecule has 0 saturated carbocycles. The first kappa shape index (κ1) is 9.26. The van der Waals surface area contributed by atoms with Gasteiger partial charge in [0.2, 0.25) is 0 Å². The maximum atomic E-state index is 10.5. The zero-order valence-corrected chi connectivity index (χ0v) is 8.37. The van der Waals surface area contributed by atoms with E-state index >= 15 is 0 Å². The number of hydrogen-bond donors (Lipinski definition) is 1. The number of carbonyl (C=O) groups is 1. The fraction of sp³-hybridized carbons (Fsp3) is 0.444. The number of carbonyl (C=O) groups excluding carboxylic acids is 1. The smallest absolute Gasteiger partial charge is 0.160 e. The Hall–Kier alpha value is -0.830. The molecule has 66 valence electrons. The van der Waals surface area contributed by atoms with Gasteiger partial charge in [-0.3, -0.25) is 4.79 Å². The third kappa shape index (κ3) is 1.67. The maximum Gasteiger partial charge on any atom is 0.160 e. The largest absolute Gasteiger partial charge is 0.390 e. The first-order valence-electron chi connectivity index (χ1n) is 3.80. The zero-order valence-electron chi connectivity index (χ0n) is 7.55. The summed E-state index contributed by atoms with van der Waals surface area (Å²) in [5.41, 5.74) is 6.86. The topological polar surface area (TPSA) is 43.1 Å². The fourth-order valence-electron chi connectivity index (χ4n) is 1.07. The second kappa shape index (κ2) is 2.90. The van der Waals surface area contributed by atoms with E-state index in [0.717, 1.165) is 16.9 Å². The first-order valence-corrected chi connectivity index (χ1v) is 4.62. The van der Waals surface area contributed by atoms with Crippen molar-refractivity contribution in [3.05, 3.63) is 16.5 Å².